The number of aliphatic hydroxyl groups is 1. The standard InChI is InChI=1S/C44H87N2O6P/c1-3-5-7-9-11-13-15-17-19-21-23-25-27-29-31-33-35-37-43(47)42(41-52-53(49,50)51-40-39-45)46-44(48)38-36-34-32-30-28-26-24-22-20-18-16-14-12-10-8-6-4-2/h18,20,35,37,42-43,47H,3-17,19,21-34,36,38-41,45H2,1-2H3,(H,46,48)(H,49,50)/b20-18-,37-35+. The van der Waals surface area contributed by atoms with Gasteiger partial charge in [0, 0.05) is 13.0 Å². The van der Waals surface area contributed by atoms with Crippen LogP contribution in [0.4, 0.5) is 0 Å². The summed E-state index contributed by atoms with van der Waals surface area (Å²) in [6, 6.07) is -0.860. The van der Waals surface area contributed by atoms with Crippen LogP contribution in [0.1, 0.15) is 219 Å². The number of phosphoric ester groups is 1. The minimum Gasteiger partial charge on any atom is -0.387 e. The largest absolute Gasteiger partial charge is 0.472 e. The fourth-order valence-corrected chi connectivity index (χ4v) is 7.36. The van der Waals surface area contributed by atoms with Crippen LogP contribution in [0, 0.1) is 0 Å². The van der Waals surface area contributed by atoms with Gasteiger partial charge in [-0.25, -0.2) is 4.57 Å². The highest BCUT2D eigenvalue weighted by Crippen LogP contribution is 2.43. The number of amides is 1. The van der Waals surface area contributed by atoms with Crippen molar-refractivity contribution in [2.75, 3.05) is 19.8 Å². The van der Waals surface area contributed by atoms with Gasteiger partial charge in [0.05, 0.1) is 25.4 Å². The van der Waals surface area contributed by atoms with E-state index in [1.165, 1.54) is 161 Å². The van der Waals surface area contributed by atoms with E-state index in [0.29, 0.717) is 6.42 Å². The number of phosphoric acid groups is 1. The molecule has 0 saturated heterocycles. The number of allylic oxidation sites excluding steroid dienone is 3. The van der Waals surface area contributed by atoms with Gasteiger partial charge in [-0.3, -0.25) is 13.8 Å². The molecule has 0 bridgehead atoms. The van der Waals surface area contributed by atoms with E-state index in [2.05, 4.69) is 31.3 Å². The first-order chi connectivity index (χ1) is 25.9. The van der Waals surface area contributed by atoms with Crippen molar-refractivity contribution in [2.45, 2.75) is 231 Å². The highest BCUT2D eigenvalue weighted by Gasteiger charge is 2.26. The van der Waals surface area contributed by atoms with Gasteiger partial charge in [-0.2, -0.15) is 0 Å². The molecule has 9 heteroatoms. The molecule has 0 heterocycles. The smallest absolute Gasteiger partial charge is 0.387 e. The molecule has 8 nitrogen and oxygen atoms in total. The Balaban J connectivity index is 4.20. The average molecular weight is 771 g/mol. The van der Waals surface area contributed by atoms with Crippen LogP contribution in [-0.4, -0.2) is 47.8 Å². The molecule has 0 aromatic heterocycles. The minimum absolute atomic E-state index is 0.0788. The first-order valence-corrected chi connectivity index (χ1v) is 24.0. The van der Waals surface area contributed by atoms with Crippen molar-refractivity contribution in [3.63, 3.8) is 0 Å². The normalized spacial score (nSPS) is 14.3. The molecule has 0 spiro atoms. The zero-order valence-electron chi connectivity index (χ0n) is 34.8. The van der Waals surface area contributed by atoms with E-state index < -0.39 is 20.0 Å². The average Bonchev–Trinajstić information content (AvgIpc) is 3.14. The summed E-state index contributed by atoms with van der Waals surface area (Å²) in [6.45, 7) is 4.14. The fraction of sp³-hybridized carbons (Fsp3) is 0.886. The van der Waals surface area contributed by atoms with Crippen molar-refractivity contribution in [1.82, 2.24) is 5.32 Å². The van der Waals surface area contributed by atoms with Gasteiger partial charge >= 0.3 is 7.82 Å². The lowest BCUT2D eigenvalue weighted by molar-refractivity contribution is -0.123. The summed E-state index contributed by atoms with van der Waals surface area (Å²) in [4.78, 5) is 22.7. The Bertz CT molecular complexity index is 886. The predicted molar refractivity (Wildman–Crippen MR) is 226 cm³/mol. The molecule has 5 N–H and O–H groups in total. The Labute approximate surface area is 327 Å². The van der Waals surface area contributed by atoms with Crippen LogP contribution >= 0.6 is 7.82 Å². The van der Waals surface area contributed by atoms with Gasteiger partial charge in [0.25, 0.3) is 0 Å². The van der Waals surface area contributed by atoms with Gasteiger partial charge in [-0.1, -0.05) is 192 Å². The van der Waals surface area contributed by atoms with Gasteiger partial charge in [0.15, 0.2) is 0 Å². The molecule has 0 radical (unpaired) electrons. The number of carbonyl (C=O) groups is 1. The number of nitrogens with one attached hydrogen (secondary N) is 1. The number of rotatable bonds is 42. The molecule has 0 aliphatic carbocycles. The maximum Gasteiger partial charge on any atom is 0.472 e. The van der Waals surface area contributed by atoms with Crippen LogP contribution in [0.15, 0.2) is 24.3 Å². The van der Waals surface area contributed by atoms with E-state index in [0.717, 1.165) is 38.5 Å². The summed E-state index contributed by atoms with van der Waals surface area (Å²) in [5.74, 6) is -0.197. The Hall–Kier alpha value is -1.02. The van der Waals surface area contributed by atoms with Crippen LogP contribution in [0.2, 0.25) is 0 Å². The fourth-order valence-electron chi connectivity index (χ4n) is 6.60. The van der Waals surface area contributed by atoms with E-state index in [9.17, 15) is 19.4 Å². The third-order valence-corrected chi connectivity index (χ3v) is 11.0. The Morgan fingerprint density at radius 3 is 1.40 bits per heavy atom. The lowest BCUT2D eigenvalue weighted by atomic mass is 10.0. The van der Waals surface area contributed by atoms with Crippen molar-refractivity contribution in [3.05, 3.63) is 24.3 Å². The van der Waals surface area contributed by atoms with E-state index in [4.69, 9.17) is 14.8 Å². The molecule has 314 valence electrons. The highest BCUT2D eigenvalue weighted by molar-refractivity contribution is 7.47. The van der Waals surface area contributed by atoms with Crippen molar-refractivity contribution in [1.29, 1.82) is 0 Å². The summed E-state index contributed by atoms with van der Waals surface area (Å²) in [6.07, 6.45) is 46.5. The molecule has 1 amide bonds. The van der Waals surface area contributed by atoms with E-state index >= 15 is 0 Å². The van der Waals surface area contributed by atoms with Crippen molar-refractivity contribution >= 4 is 13.7 Å². The molecule has 0 aliphatic heterocycles. The molecule has 0 aromatic carbocycles. The second kappa shape index (κ2) is 40.6. The first-order valence-electron chi connectivity index (χ1n) is 22.5. The molecule has 3 atom stereocenters. The molecule has 0 saturated carbocycles. The molecular weight excluding hydrogens is 683 g/mol. The topological polar surface area (TPSA) is 131 Å². The molecule has 0 aromatic rings. The summed E-state index contributed by atoms with van der Waals surface area (Å²) in [5, 5.41) is 13.7. The van der Waals surface area contributed by atoms with Crippen molar-refractivity contribution in [2.24, 2.45) is 5.73 Å². The van der Waals surface area contributed by atoms with Gasteiger partial charge in [-0.05, 0) is 44.9 Å². The quantitative estimate of drug-likeness (QED) is 0.0276. The van der Waals surface area contributed by atoms with Crippen molar-refractivity contribution in [3.8, 4) is 0 Å². The van der Waals surface area contributed by atoms with Crippen LogP contribution in [-0.2, 0) is 18.4 Å². The summed E-state index contributed by atoms with van der Waals surface area (Å²) >= 11 is 0. The van der Waals surface area contributed by atoms with Crippen molar-refractivity contribution < 1.29 is 28.4 Å². The number of aliphatic hydroxyl groups excluding tert-OH is 1. The molecule has 53 heavy (non-hydrogen) atoms. The summed E-state index contributed by atoms with van der Waals surface area (Å²) < 4.78 is 22.1. The van der Waals surface area contributed by atoms with Crippen LogP contribution < -0.4 is 11.1 Å². The monoisotopic (exact) mass is 771 g/mol. The third-order valence-electron chi connectivity index (χ3n) is 10.0. The zero-order chi connectivity index (χ0) is 38.9. The lowest BCUT2D eigenvalue weighted by Crippen LogP contribution is -2.45. The number of carbonyl (C=O) groups excluding carboxylic acids is 1. The molecule has 0 aliphatic rings. The zero-order valence-corrected chi connectivity index (χ0v) is 35.7. The predicted octanol–water partition coefficient (Wildman–Crippen LogP) is 12.6. The molecular formula is C44H87N2O6P. The summed E-state index contributed by atoms with van der Waals surface area (Å²) in [5.41, 5.74) is 5.38. The number of nitrogens with two attached hydrogens (primary N) is 1. The Kier molecular flexibility index (Phi) is 39.9. The summed E-state index contributed by atoms with van der Waals surface area (Å²) in [7, 11) is -4.34. The molecule has 0 fully saturated rings. The van der Waals surface area contributed by atoms with Crippen LogP contribution in [0.25, 0.3) is 0 Å². The number of hydrogen-bond acceptors (Lipinski definition) is 6. The SMILES string of the molecule is CCCCCCCC/C=C\CCCCCCCCCC(=O)NC(COP(=O)(O)OCCN)C(O)/C=C/CCCCCCCCCCCCCCCCC. The van der Waals surface area contributed by atoms with Gasteiger partial charge in [0.1, 0.15) is 0 Å². The Morgan fingerprint density at radius 2 is 0.981 bits per heavy atom. The van der Waals surface area contributed by atoms with Gasteiger partial charge in [0.2, 0.25) is 5.91 Å². The van der Waals surface area contributed by atoms with Crippen LogP contribution in [0.3, 0.4) is 0 Å². The Morgan fingerprint density at radius 1 is 0.604 bits per heavy atom. The number of unbranched alkanes of at least 4 members (excludes halogenated alkanes) is 28. The molecule has 0 rings (SSSR count). The van der Waals surface area contributed by atoms with Gasteiger partial charge in [-0.15, -0.1) is 0 Å². The minimum atomic E-state index is -4.34. The highest BCUT2D eigenvalue weighted by atomic mass is 31.2. The second-order valence-corrected chi connectivity index (χ2v) is 16.7. The lowest BCUT2D eigenvalue weighted by Gasteiger charge is -2.23. The van der Waals surface area contributed by atoms with E-state index in [-0.39, 0.29) is 25.7 Å². The maximum absolute atomic E-state index is 12.8. The van der Waals surface area contributed by atoms with Crippen LogP contribution in [0.5, 0.6) is 0 Å². The molecule has 3 unspecified atom stereocenters. The second-order valence-electron chi connectivity index (χ2n) is 15.3. The van der Waals surface area contributed by atoms with E-state index in [1.54, 1.807) is 6.08 Å². The van der Waals surface area contributed by atoms with E-state index in [1.807, 2.05) is 6.08 Å². The number of hydrogen-bond donors (Lipinski definition) is 4. The maximum atomic E-state index is 12.8. The van der Waals surface area contributed by atoms with Gasteiger partial charge < -0.3 is 21.1 Å². The first kappa shape index (κ1) is 52.0. The third kappa shape index (κ3) is 39.0.